The van der Waals surface area contributed by atoms with Crippen molar-refractivity contribution in [3.63, 3.8) is 0 Å². The lowest BCUT2D eigenvalue weighted by molar-refractivity contribution is 0.0781. The summed E-state index contributed by atoms with van der Waals surface area (Å²) in [6.07, 6.45) is 1.57. The number of likely N-dealkylation sites (tertiary alicyclic amines) is 1. The van der Waals surface area contributed by atoms with E-state index < -0.39 is 0 Å². The number of amides is 1. The van der Waals surface area contributed by atoms with Crippen molar-refractivity contribution in [2.75, 3.05) is 13.1 Å². The van der Waals surface area contributed by atoms with Crippen LogP contribution in [0.5, 0.6) is 0 Å². The molecule has 1 saturated heterocycles. The van der Waals surface area contributed by atoms with Gasteiger partial charge in [-0.25, -0.2) is 4.98 Å². The highest BCUT2D eigenvalue weighted by Crippen LogP contribution is 2.40. The van der Waals surface area contributed by atoms with Crippen LogP contribution >= 0.6 is 34.7 Å². The zero-order valence-corrected chi connectivity index (χ0v) is 15.1. The van der Waals surface area contributed by atoms with Crippen molar-refractivity contribution in [1.29, 1.82) is 0 Å². The highest BCUT2D eigenvalue weighted by Gasteiger charge is 2.42. The van der Waals surface area contributed by atoms with Gasteiger partial charge in [-0.05, 0) is 37.2 Å². The quantitative estimate of drug-likeness (QED) is 0.819. The second-order valence-corrected chi connectivity index (χ2v) is 8.00. The fourth-order valence-corrected chi connectivity index (χ4v) is 4.68. The fourth-order valence-electron chi connectivity index (χ4n) is 3.69. The topological polar surface area (TPSA) is 79.0 Å². The molecule has 9 heteroatoms. The van der Waals surface area contributed by atoms with E-state index in [2.05, 4.69) is 14.3 Å². The number of fused-ring (bicyclic) bond motifs is 3. The van der Waals surface area contributed by atoms with Crippen LogP contribution in [0, 0.1) is 12.8 Å². The number of carbonyl (C=O) groups excluding carboxylic acids is 1. The summed E-state index contributed by atoms with van der Waals surface area (Å²) in [5.41, 5.74) is 1.74. The molecule has 6 nitrogen and oxygen atoms in total. The Labute approximate surface area is 152 Å². The van der Waals surface area contributed by atoms with Crippen molar-refractivity contribution in [3.8, 4) is 0 Å². The molecule has 0 radical (unpaired) electrons. The first kappa shape index (κ1) is 16.1. The summed E-state index contributed by atoms with van der Waals surface area (Å²) in [4.78, 5) is 33.9. The van der Waals surface area contributed by atoms with Gasteiger partial charge in [0, 0.05) is 24.6 Å². The van der Waals surface area contributed by atoms with Gasteiger partial charge in [0.25, 0.3) is 11.5 Å². The first-order valence-electron chi connectivity index (χ1n) is 7.65. The summed E-state index contributed by atoms with van der Waals surface area (Å²) in [5.74, 6) is 0.800. The molecule has 4 rings (SSSR count). The number of nitrogens with one attached hydrogen (secondary N) is 1. The van der Waals surface area contributed by atoms with Crippen LogP contribution in [-0.4, -0.2) is 38.2 Å². The maximum absolute atomic E-state index is 12.7. The molecule has 0 spiro atoms. The van der Waals surface area contributed by atoms with Crippen LogP contribution in [0.1, 0.15) is 39.9 Å². The van der Waals surface area contributed by atoms with E-state index >= 15 is 0 Å². The minimum Gasteiger partial charge on any atom is -0.336 e. The van der Waals surface area contributed by atoms with Gasteiger partial charge in [-0.2, -0.15) is 4.37 Å². The van der Waals surface area contributed by atoms with Crippen molar-refractivity contribution in [3.05, 3.63) is 42.5 Å². The number of aromatic amines is 1. The third kappa shape index (κ3) is 2.46. The summed E-state index contributed by atoms with van der Waals surface area (Å²) in [5, 5.41) is 0.215. The standard InChI is InChI=1S/C15H14Cl2N4O2S/c1-6-18-11-8(14(22)19-6)3-2-7-4-21(5-9(7)11)15(23)12-10(16)13(17)24-20-12/h7,9H,2-5H2,1H3,(H,18,19,22)/t7-,9+/m1/s1. The summed E-state index contributed by atoms with van der Waals surface area (Å²) in [6.45, 7) is 2.93. The number of H-pyrrole nitrogens is 1. The predicted molar refractivity (Wildman–Crippen MR) is 92.2 cm³/mol. The highest BCUT2D eigenvalue weighted by atomic mass is 35.5. The van der Waals surface area contributed by atoms with Crippen LogP contribution in [-0.2, 0) is 6.42 Å². The normalized spacial score (nSPS) is 22.4. The number of carbonyl (C=O) groups is 1. The van der Waals surface area contributed by atoms with Gasteiger partial charge in [0.15, 0.2) is 5.69 Å². The number of hydrogen-bond donors (Lipinski definition) is 1. The van der Waals surface area contributed by atoms with Gasteiger partial charge in [-0.15, -0.1) is 0 Å². The summed E-state index contributed by atoms with van der Waals surface area (Å²) >= 11 is 13.0. The summed E-state index contributed by atoms with van der Waals surface area (Å²) in [7, 11) is 0. The Hall–Kier alpha value is -1.44. The Kier molecular flexibility index (Phi) is 3.89. The van der Waals surface area contributed by atoms with Crippen LogP contribution in [0.3, 0.4) is 0 Å². The van der Waals surface area contributed by atoms with E-state index in [1.54, 1.807) is 11.8 Å². The molecule has 0 saturated carbocycles. The van der Waals surface area contributed by atoms with Crippen LogP contribution < -0.4 is 5.56 Å². The van der Waals surface area contributed by atoms with Gasteiger partial charge in [0.1, 0.15) is 15.2 Å². The maximum Gasteiger partial charge on any atom is 0.275 e. The smallest absolute Gasteiger partial charge is 0.275 e. The Balaban J connectivity index is 1.65. The van der Waals surface area contributed by atoms with Crippen LogP contribution in [0.4, 0.5) is 0 Å². The molecular formula is C15H14Cl2N4O2S. The Bertz CT molecular complexity index is 894. The monoisotopic (exact) mass is 384 g/mol. The summed E-state index contributed by atoms with van der Waals surface area (Å²) in [6, 6.07) is 0. The molecule has 1 aliphatic carbocycles. The van der Waals surface area contributed by atoms with Gasteiger partial charge >= 0.3 is 0 Å². The minimum atomic E-state index is -0.208. The van der Waals surface area contributed by atoms with E-state index in [0.717, 1.165) is 29.2 Å². The molecule has 2 atom stereocenters. The molecule has 2 aromatic heterocycles. The lowest BCUT2D eigenvalue weighted by Crippen LogP contribution is -2.29. The zero-order valence-electron chi connectivity index (χ0n) is 12.8. The van der Waals surface area contributed by atoms with E-state index in [9.17, 15) is 9.59 Å². The zero-order chi connectivity index (χ0) is 17.0. The molecule has 24 heavy (non-hydrogen) atoms. The number of aromatic nitrogens is 3. The van der Waals surface area contributed by atoms with Crippen molar-refractivity contribution in [1.82, 2.24) is 19.2 Å². The van der Waals surface area contributed by atoms with Gasteiger partial charge in [-0.3, -0.25) is 9.59 Å². The van der Waals surface area contributed by atoms with E-state index in [0.29, 0.717) is 35.6 Å². The minimum absolute atomic E-state index is 0.0601. The molecule has 1 fully saturated rings. The third-order valence-electron chi connectivity index (χ3n) is 4.81. The Morgan fingerprint density at radius 3 is 2.88 bits per heavy atom. The van der Waals surface area contributed by atoms with Crippen molar-refractivity contribution in [2.45, 2.75) is 25.7 Å². The number of aryl methyl sites for hydroxylation is 1. The van der Waals surface area contributed by atoms with E-state index in [1.807, 2.05) is 0 Å². The lowest BCUT2D eigenvalue weighted by atomic mass is 9.80. The Morgan fingerprint density at radius 2 is 2.17 bits per heavy atom. The Morgan fingerprint density at radius 1 is 1.38 bits per heavy atom. The molecule has 2 aliphatic rings. The lowest BCUT2D eigenvalue weighted by Gasteiger charge is -2.25. The molecule has 0 unspecified atom stereocenters. The van der Waals surface area contributed by atoms with Gasteiger partial charge in [0.2, 0.25) is 0 Å². The number of nitrogens with zero attached hydrogens (tertiary/aromatic N) is 3. The van der Waals surface area contributed by atoms with Gasteiger partial charge < -0.3 is 9.88 Å². The second-order valence-electron chi connectivity index (χ2n) is 6.25. The molecule has 0 bridgehead atoms. The molecule has 0 aromatic carbocycles. The van der Waals surface area contributed by atoms with E-state index in [4.69, 9.17) is 23.2 Å². The first-order valence-corrected chi connectivity index (χ1v) is 9.18. The molecule has 2 aromatic rings. The first-order chi connectivity index (χ1) is 11.5. The van der Waals surface area contributed by atoms with Crippen molar-refractivity contribution >= 4 is 40.6 Å². The SMILES string of the molecule is Cc1nc2c(c(=O)[nH]1)CC[C@@H]1CN(C(=O)c3nsc(Cl)c3Cl)C[C@H]21. The van der Waals surface area contributed by atoms with Crippen LogP contribution in [0.15, 0.2) is 4.79 Å². The average molecular weight is 385 g/mol. The second kappa shape index (κ2) is 5.82. The number of rotatable bonds is 1. The molecule has 1 amide bonds. The van der Waals surface area contributed by atoms with Gasteiger partial charge in [0.05, 0.1) is 5.69 Å². The maximum atomic E-state index is 12.7. The van der Waals surface area contributed by atoms with Crippen LogP contribution in [0.2, 0.25) is 9.36 Å². The largest absolute Gasteiger partial charge is 0.336 e. The van der Waals surface area contributed by atoms with E-state index in [-0.39, 0.29) is 28.1 Å². The van der Waals surface area contributed by atoms with Gasteiger partial charge in [-0.1, -0.05) is 23.2 Å². The molecule has 1 aliphatic heterocycles. The molecule has 3 heterocycles. The van der Waals surface area contributed by atoms with E-state index in [1.165, 1.54) is 0 Å². The van der Waals surface area contributed by atoms with Crippen molar-refractivity contribution < 1.29 is 4.79 Å². The average Bonchev–Trinajstić information content (AvgIpc) is 3.11. The fraction of sp³-hybridized carbons (Fsp3) is 0.467. The molecule has 1 N–H and O–H groups in total. The van der Waals surface area contributed by atoms with Crippen molar-refractivity contribution in [2.24, 2.45) is 5.92 Å². The summed E-state index contributed by atoms with van der Waals surface area (Å²) < 4.78 is 4.39. The third-order valence-corrected chi connectivity index (χ3v) is 6.42. The predicted octanol–water partition coefficient (Wildman–Crippen LogP) is 2.64. The van der Waals surface area contributed by atoms with Crippen LogP contribution in [0.25, 0.3) is 0 Å². The molecule has 126 valence electrons. The molecular weight excluding hydrogens is 371 g/mol. The number of halogens is 2. The number of hydrogen-bond acceptors (Lipinski definition) is 5. The highest BCUT2D eigenvalue weighted by molar-refractivity contribution is 7.11.